The lowest BCUT2D eigenvalue weighted by Gasteiger charge is -2.12. The third kappa shape index (κ3) is 2.39. The highest BCUT2D eigenvalue weighted by atomic mass is 127. The normalized spacial score (nSPS) is 18.1. The van der Waals surface area contributed by atoms with Gasteiger partial charge >= 0.3 is 0 Å². The van der Waals surface area contributed by atoms with E-state index in [1.54, 1.807) is 6.07 Å². The maximum atomic E-state index is 9.37. The molecule has 3 N–H and O–H groups in total. The van der Waals surface area contributed by atoms with Crippen LogP contribution in [0.25, 0.3) is 0 Å². The Hall–Kier alpha value is -0.290. The Bertz CT molecular complexity index is 336. The molecule has 0 amide bonds. The van der Waals surface area contributed by atoms with Gasteiger partial charge < -0.3 is 10.8 Å². The van der Waals surface area contributed by atoms with Crippen LogP contribution in [0.1, 0.15) is 30.9 Å². The van der Waals surface area contributed by atoms with E-state index in [0.29, 0.717) is 5.75 Å². The summed E-state index contributed by atoms with van der Waals surface area (Å²) in [5.41, 5.74) is 7.21. The number of phenolic OH excluding ortho intramolecular Hbond substituents is 1. The summed E-state index contributed by atoms with van der Waals surface area (Å²) < 4.78 is 0.881. The van der Waals surface area contributed by atoms with Gasteiger partial charge in [0.15, 0.2) is 0 Å². The van der Waals surface area contributed by atoms with E-state index in [9.17, 15) is 5.11 Å². The van der Waals surface area contributed by atoms with E-state index in [4.69, 9.17) is 5.73 Å². The minimum absolute atomic E-state index is 0.136. The molecule has 1 aliphatic rings. The number of rotatable bonds is 3. The molecule has 0 aliphatic heterocycles. The van der Waals surface area contributed by atoms with Crippen LogP contribution in [0.3, 0.4) is 0 Å². The standard InChI is InChI=1S/C11H14INO/c12-9-6-8(3-4-11(9)14)10(13)5-7-1-2-7/h3-4,6-7,10,14H,1-2,5,13H2. The van der Waals surface area contributed by atoms with Crippen LogP contribution >= 0.6 is 22.6 Å². The van der Waals surface area contributed by atoms with E-state index >= 15 is 0 Å². The fraction of sp³-hybridized carbons (Fsp3) is 0.455. The van der Waals surface area contributed by atoms with Gasteiger partial charge in [0.2, 0.25) is 0 Å². The second-order valence-electron chi connectivity index (χ2n) is 4.00. The molecule has 1 fully saturated rings. The zero-order chi connectivity index (χ0) is 10.1. The Morgan fingerprint density at radius 3 is 2.79 bits per heavy atom. The summed E-state index contributed by atoms with van der Waals surface area (Å²) in [4.78, 5) is 0. The van der Waals surface area contributed by atoms with Crippen molar-refractivity contribution in [3.8, 4) is 5.75 Å². The van der Waals surface area contributed by atoms with Gasteiger partial charge in [0, 0.05) is 6.04 Å². The summed E-state index contributed by atoms with van der Waals surface area (Å²) in [6.45, 7) is 0. The first-order chi connectivity index (χ1) is 6.66. The first kappa shape index (κ1) is 10.2. The Kier molecular flexibility index (Phi) is 2.97. The fourth-order valence-electron chi connectivity index (χ4n) is 1.60. The van der Waals surface area contributed by atoms with E-state index in [1.807, 2.05) is 12.1 Å². The third-order valence-corrected chi connectivity index (χ3v) is 3.55. The third-order valence-electron chi connectivity index (χ3n) is 2.68. The first-order valence-electron chi connectivity index (χ1n) is 4.91. The van der Waals surface area contributed by atoms with E-state index in [2.05, 4.69) is 22.6 Å². The lowest BCUT2D eigenvalue weighted by molar-refractivity contribution is 0.470. The lowest BCUT2D eigenvalue weighted by Crippen LogP contribution is -2.10. The van der Waals surface area contributed by atoms with Crippen LogP contribution in [0, 0.1) is 9.49 Å². The molecule has 2 nitrogen and oxygen atoms in total. The van der Waals surface area contributed by atoms with Crippen LogP contribution in [-0.2, 0) is 0 Å². The predicted molar refractivity (Wildman–Crippen MR) is 65.1 cm³/mol. The van der Waals surface area contributed by atoms with Gasteiger partial charge in [0.05, 0.1) is 3.57 Å². The summed E-state index contributed by atoms with van der Waals surface area (Å²) in [7, 11) is 0. The molecule has 1 atom stereocenters. The van der Waals surface area contributed by atoms with Gasteiger partial charge in [-0.25, -0.2) is 0 Å². The van der Waals surface area contributed by atoms with Crippen molar-refractivity contribution in [3.05, 3.63) is 27.3 Å². The Morgan fingerprint density at radius 2 is 2.21 bits per heavy atom. The molecule has 1 aromatic rings. The van der Waals surface area contributed by atoms with E-state index in [-0.39, 0.29) is 6.04 Å². The maximum Gasteiger partial charge on any atom is 0.128 e. The molecule has 1 aromatic carbocycles. The van der Waals surface area contributed by atoms with Crippen LogP contribution in [0.4, 0.5) is 0 Å². The zero-order valence-electron chi connectivity index (χ0n) is 7.91. The molecule has 3 heteroatoms. The molecule has 2 rings (SSSR count). The molecule has 14 heavy (non-hydrogen) atoms. The van der Waals surface area contributed by atoms with Crippen molar-refractivity contribution >= 4 is 22.6 Å². The minimum Gasteiger partial charge on any atom is -0.507 e. The van der Waals surface area contributed by atoms with E-state index < -0.39 is 0 Å². The van der Waals surface area contributed by atoms with Gasteiger partial charge in [-0.2, -0.15) is 0 Å². The number of halogens is 1. The summed E-state index contributed by atoms with van der Waals surface area (Å²) in [6, 6.07) is 5.76. The van der Waals surface area contributed by atoms with Gasteiger partial charge in [0.1, 0.15) is 5.75 Å². The molecule has 1 saturated carbocycles. The van der Waals surface area contributed by atoms with Crippen molar-refractivity contribution in [2.24, 2.45) is 11.7 Å². The molecule has 0 bridgehead atoms. The average Bonchev–Trinajstić information content (AvgIpc) is 2.93. The second kappa shape index (κ2) is 4.06. The Balaban J connectivity index is 2.10. The van der Waals surface area contributed by atoms with Gasteiger partial charge in [-0.3, -0.25) is 0 Å². The molecule has 1 unspecified atom stereocenters. The van der Waals surface area contributed by atoms with E-state index in [0.717, 1.165) is 21.5 Å². The largest absolute Gasteiger partial charge is 0.507 e. The van der Waals surface area contributed by atoms with Crippen molar-refractivity contribution in [1.29, 1.82) is 0 Å². The van der Waals surface area contributed by atoms with Gasteiger partial charge in [-0.15, -0.1) is 0 Å². The van der Waals surface area contributed by atoms with Crippen LogP contribution in [0.5, 0.6) is 5.75 Å². The molecule has 0 spiro atoms. The number of hydrogen-bond donors (Lipinski definition) is 2. The van der Waals surface area contributed by atoms with Crippen LogP contribution in [0.2, 0.25) is 0 Å². The predicted octanol–water partition coefficient (Wildman–Crippen LogP) is 2.80. The van der Waals surface area contributed by atoms with Crippen LogP contribution < -0.4 is 5.73 Å². The van der Waals surface area contributed by atoms with Crippen LogP contribution in [0.15, 0.2) is 18.2 Å². The van der Waals surface area contributed by atoms with Gasteiger partial charge in [0.25, 0.3) is 0 Å². The first-order valence-corrected chi connectivity index (χ1v) is 5.98. The number of benzene rings is 1. The Labute approximate surface area is 97.6 Å². The highest BCUT2D eigenvalue weighted by molar-refractivity contribution is 14.1. The molecule has 0 radical (unpaired) electrons. The molecular weight excluding hydrogens is 289 g/mol. The molecule has 76 valence electrons. The number of aromatic hydroxyl groups is 1. The summed E-state index contributed by atoms with van der Waals surface area (Å²) >= 11 is 2.13. The minimum atomic E-state index is 0.136. The summed E-state index contributed by atoms with van der Waals surface area (Å²) in [6.07, 6.45) is 3.76. The lowest BCUT2D eigenvalue weighted by atomic mass is 10.0. The highest BCUT2D eigenvalue weighted by Crippen LogP contribution is 2.37. The molecule has 0 heterocycles. The van der Waals surface area contributed by atoms with Gasteiger partial charge in [-0.05, 0) is 52.6 Å². The molecular formula is C11H14INO. The van der Waals surface area contributed by atoms with Crippen molar-refractivity contribution < 1.29 is 5.11 Å². The smallest absolute Gasteiger partial charge is 0.128 e. The van der Waals surface area contributed by atoms with Crippen LogP contribution in [-0.4, -0.2) is 5.11 Å². The SMILES string of the molecule is NC(CC1CC1)c1ccc(O)c(I)c1. The highest BCUT2D eigenvalue weighted by Gasteiger charge is 2.24. The molecule has 1 aliphatic carbocycles. The molecule has 0 aromatic heterocycles. The topological polar surface area (TPSA) is 46.2 Å². The number of nitrogens with two attached hydrogens (primary N) is 1. The average molecular weight is 303 g/mol. The molecule has 0 saturated heterocycles. The zero-order valence-corrected chi connectivity index (χ0v) is 10.1. The quantitative estimate of drug-likeness (QED) is 0.844. The van der Waals surface area contributed by atoms with Crippen molar-refractivity contribution in [2.75, 3.05) is 0 Å². The fourth-order valence-corrected chi connectivity index (χ4v) is 2.14. The Morgan fingerprint density at radius 1 is 1.50 bits per heavy atom. The number of hydrogen-bond acceptors (Lipinski definition) is 2. The monoisotopic (exact) mass is 303 g/mol. The van der Waals surface area contributed by atoms with Crippen molar-refractivity contribution in [2.45, 2.75) is 25.3 Å². The number of phenols is 1. The summed E-state index contributed by atoms with van der Waals surface area (Å²) in [5, 5.41) is 9.37. The summed E-state index contributed by atoms with van der Waals surface area (Å²) in [5.74, 6) is 1.18. The van der Waals surface area contributed by atoms with Crippen molar-refractivity contribution in [3.63, 3.8) is 0 Å². The van der Waals surface area contributed by atoms with Crippen molar-refractivity contribution in [1.82, 2.24) is 0 Å². The van der Waals surface area contributed by atoms with E-state index in [1.165, 1.54) is 12.8 Å². The maximum absolute atomic E-state index is 9.37. The second-order valence-corrected chi connectivity index (χ2v) is 5.16. The van der Waals surface area contributed by atoms with Gasteiger partial charge in [-0.1, -0.05) is 18.9 Å².